The van der Waals surface area contributed by atoms with Crippen molar-refractivity contribution in [3.63, 3.8) is 0 Å². The van der Waals surface area contributed by atoms with Crippen molar-refractivity contribution in [1.29, 1.82) is 0 Å². The van der Waals surface area contributed by atoms with E-state index in [-0.39, 0.29) is 5.78 Å². The van der Waals surface area contributed by atoms with Crippen molar-refractivity contribution < 1.29 is 9.59 Å². The van der Waals surface area contributed by atoms with Crippen molar-refractivity contribution in [2.45, 2.75) is 13.8 Å². The number of rotatable bonds is 3. The fourth-order valence-corrected chi connectivity index (χ4v) is 1.96. The molecule has 0 saturated carbocycles. The standard InChI is InChI=1S/C16H14O2/c1-11-4-3-5-14(8-11)16(18)15-7-6-13(10-17)9-12(15)2/h3-10H,1-2H3. The molecule has 0 heterocycles. The Morgan fingerprint density at radius 3 is 2.44 bits per heavy atom. The van der Waals surface area contributed by atoms with Crippen LogP contribution >= 0.6 is 0 Å². The normalized spacial score (nSPS) is 10.1. The van der Waals surface area contributed by atoms with Crippen LogP contribution < -0.4 is 0 Å². The minimum Gasteiger partial charge on any atom is -0.298 e. The van der Waals surface area contributed by atoms with E-state index in [0.29, 0.717) is 16.7 Å². The van der Waals surface area contributed by atoms with Crippen LogP contribution in [0.5, 0.6) is 0 Å². The first-order chi connectivity index (χ1) is 8.61. The molecule has 0 unspecified atom stereocenters. The summed E-state index contributed by atoms with van der Waals surface area (Å²) in [5, 5.41) is 0. The van der Waals surface area contributed by atoms with E-state index in [1.807, 2.05) is 38.1 Å². The van der Waals surface area contributed by atoms with Crippen LogP contribution in [0.2, 0.25) is 0 Å². The molecule has 18 heavy (non-hydrogen) atoms. The summed E-state index contributed by atoms with van der Waals surface area (Å²) >= 11 is 0. The Bertz CT molecular complexity index is 612. The molecule has 0 aliphatic rings. The van der Waals surface area contributed by atoms with E-state index in [2.05, 4.69) is 0 Å². The Morgan fingerprint density at radius 2 is 1.83 bits per heavy atom. The molecule has 0 fully saturated rings. The van der Waals surface area contributed by atoms with Gasteiger partial charge in [-0.1, -0.05) is 35.9 Å². The van der Waals surface area contributed by atoms with E-state index in [0.717, 1.165) is 17.4 Å². The van der Waals surface area contributed by atoms with Gasteiger partial charge >= 0.3 is 0 Å². The zero-order valence-electron chi connectivity index (χ0n) is 10.4. The molecule has 0 saturated heterocycles. The van der Waals surface area contributed by atoms with Crippen LogP contribution in [0.25, 0.3) is 0 Å². The van der Waals surface area contributed by atoms with Crippen LogP contribution in [0.15, 0.2) is 42.5 Å². The third-order valence-corrected chi connectivity index (χ3v) is 2.91. The quantitative estimate of drug-likeness (QED) is 0.607. The molecule has 0 aliphatic carbocycles. The first kappa shape index (κ1) is 12.2. The lowest BCUT2D eigenvalue weighted by Crippen LogP contribution is -2.04. The number of hydrogen-bond acceptors (Lipinski definition) is 2. The average molecular weight is 238 g/mol. The van der Waals surface area contributed by atoms with Crippen LogP contribution in [-0.4, -0.2) is 12.1 Å². The zero-order chi connectivity index (χ0) is 13.1. The van der Waals surface area contributed by atoms with Crippen LogP contribution in [0, 0.1) is 13.8 Å². The van der Waals surface area contributed by atoms with E-state index in [1.54, 1.807) is 18.2 Å². The average Bonchev–Trinajstić information content (AvgIpc) is 2.37. The molecule has 2 nitrogen and oxygen atoms in total. The van der Waals surface area contributed by atoms with E-state index in [4.69, 9.17) is 0 Å². The molecule has 2 aromatic rings. The molecular weight excluding hydrogens is 224 g/mol. The number of carbonyl (C=O) groups is 2. The lowest BCUT2D eigenvalue weighted by Gasteiger charge is -2.06. The SMILES string of the molecule is Cc1cccc(C(=O)c2ccc(C=O)cc2C)c1. The smallest absolute Gasteiger partial charge is 0.193 e. The van der Waals surface area contributed by atoms with Crippen molar-refractivity contribution in [2.24, 2.45) is 0 Å². The Labute approximate surface area is 106 Å². The Morgan fingerprint density at radius 1 is 1.06 bits per heavy atom. The maximum atomic E-state index is 12.3. The second-order valence-electron chi connectivity index (χ2n) is 4.39. The van der Waals surface area contributed by atoms with Gasteiger partial charge in [-0.05, 0) is 31.5 Å². The third kappa shape index (κ3) is 2.38. The van der Waals surface area contributed by atoms with Gasteiger partial charge in [-0.25, -0.2) is 0 Å². The van der Waals surface area contributed by atoms with Gasteiger partial charge in [0.1, 0.15) is 6.29 Å². The summed E-state index contributed by atoms with van der Waals surface area (Å²) in [5.74, 6) is -0.00588. The molecule has 0 atom stereocenters. The number of benzene rings is 2. The highest BCUT2D eigenvalue weighted by Crippen LogP contribution is 2.16. The molecule has 0 amide bonds. The van der Waals surface area contributed by atoms with Gasteiger partial charge in [0.05, 0.1) is 0 Å². The van der Waals surface area contributed by atoms with Crippen LogP contribution in [0.4, 0.5) is 0 Å². The monoisotopic (exact) mass is 238 g/mol. The maximum absolute atomic E-state index is 12.3. The topological polar surface area (TPSA) is 34.1 Å². The Kier molecular flexibility index (Phi) is 3.38. The van der Waals surface area contributed by atoms with Gasteiger partial charge in [-0.3, -0.25) is 9.59 Å². The second kappa shape index (κ2) is 4.96. The number of carbonyl (C=O) groups excluding carboxylic acids is 2. The van der Waals surface area contributed by atoms with Crippen molar-refractivity contribution in [3.8, 4) is 0 Å². The predicted molar refractivity (Wildman–Crippen MR) is 71.2 cm³/mol. The highest BCUT2D eigenvalue weighted by atomic mass is 16.1. The summed E-state index contributed by atoms with van der Waals surface area (Å²) in [5.41, 5.74) is 3.80. The zero-order valence-corrected chi connectivity index (χ0v) is 10.4. The lowest BCUT2D eigenvalue weighted by atomic mass is 9.97. The summed E-state index contributed by atoms with van der Waals surface area (Å²) in [6.07, 6.45) is 0.786. The van der Waals surface area contributed by atoms with Crippen molar-refractivity contribution in [3.05, 3.63) is 70.3 Å². The lowest BCUT2D eigenvalue weighted by molar-refractivity contribution is 0.103. The summed E-state index contributed by atoms with van der Waals surface area (Å²) in [6.45, 7) is 3.80. The van der Waals surface area contributed by atoms with Gasteiger partial charge in [-0.2, -0.15) is 0 Å². The van der Waals surface area contributed by atoms with E-state index in [1.165, 1.54) is 0 Å². The van der Waals surface area contributed by atoms with Crippen LogP contribution in [-0.2, 0) is 0 Å². The van der Waals surface area contributed by atoms with E-state index in [9.17, 15) is 9.59 Å². The van der Waals surface area contributed by atoms with Gasteiger partial charge in [0.15, 0.2) is 5.78 Å². The number of aldehydes is 1. The molecule has 2 aromatic carbocycles. The third-order valence-electron chi connectivity index (χ3n) is 2.91. The van der Waals surface area contributed by atoms with Crippen molar-refractivity contribution in [1.82, 2.24) is 0 Å². The van der Waals surface area contributed by atoms with Crippen LogP contribution in [0.3, 0.4) is 0 Å². The highest BCUT2D eigenvalue weighted by molar-refractivity contribution is 6.10. The Balaban J connectivity index is 2.43. The summed E-state index contributed by atoms with van der Waals surface area (Å²) < 4.78 is 0. The number of hydrogen-bond donors (Lipinski definition) is 0. The van der Waals surface area contributed by atoms with Gasteiger partial charge in [0.25, 0.3) is 0 Å². The fraction of sp³-hybridized carbons (Fsp3) is 0.125. The molecular formula is C16H14O2. The molecule has 0 aromatic heterocycles. The molecule has 90 valence electrons. The minimum absolute atomic E-state index is 0.00588. The number of ketones is 1. The first-order valence-electron chi connectivity index (χ1n) is 5.79. The van der Waals surface area contributed by atoms with Gasteiger partial charge in [-0.15, -0.1) is 0 Å². The first-order valence-corrected chi connectivity index (χ1v) is 5.79. The fourth-order valence-electron chi connectivity index (χ4n) is 1.96. The van der Waals surface area contributed by atoms with Gasteiger partial charge < -0.3 is 0 Å². The predicted octanol–water partition coefficient (Wildman–Crippen LogP) is 3.35. The molecule has 0 N–H and O–H groups in total. The highest BCUT2D eigenvalue weighted by Gasteiger charge is 2.11. The Hall–Kier alpha value is -2.22. The van der Waals surface area contributed by atoms with Gasteiger partial charge in [0.2, 0.25) is 0 Å². The molecule has 0 radical (unpaired) electrons. The minimum atomic E-state index is -0.00588. The van der Waals surface area contributed by atoms with Gasteiger partial charge in [0, 0.05) is 16.7 Å². The summed E-state index contributed by atoms with van der Waals surface area (Å²) in [4.78, 5) is 23.0. The number of aryl methyl sites for hydroxylation is 2. The van der Waals surface area contributed by atoms with Crippen molar-refractivity contribution in [2.75, 3.05) is 0 Å². The molecule has 0 bridgehead atoms. The van der Waals surface area contributed by atoms with Crippen molar-refractivity contribution >= 4 is 12.1 Å². The molecule has 0 aliphatic heterocycles. The molecule has 0 spiro atoms. The summed E-state index contributed by atoms with van der Waals surface area (Å²) in [6, 6.07) is 12.6. The molecule has 2 heteroatoms. The van der Waals surface area contributed by atoms with E-state index < -0.39 is 0 Å². The second-order valence-corrected chi connectivity index (χ2v) is 4.39. The summed E-state index contributed by atoms with van der Waals surface area (Å²) in [7, 11) is 0. The maximum Gasteiger partial charge on any atom is 0.193 e. The van der Waals surface area contributed by atoms with E-state index >= 15 is 0 Å². The van der Waals surface area contributed by atoms with Crippen LogP contribution in [0.1, 0.15) is 37.4 Å². The molecule has 2 rings (SSSR count). The largest absolute Gasteiger partial charge is 0.298 e.